The fraction of sp³-hybridized carbons (Fsp3) is 0.667. The zero-order valence-corrected chi connectivity index (χ0v) is 15.1. The second-order valence-electron chi connectivity index (χ2n) is 6.99. The van der Waals surface area contributed by atoms with Gasteiger partial charge in [-0.15, -0.1) is 11.3 Å². The number of likely N-dealkylation sites (tertiary alicyclic amines) is 1. The Morgan fingerprint density at radius 2 is 2.12 bits per heavy atom. The highest BCUT2D eigenvalue weighted by atomic mass is 32.1. The number of hydrogen-bond donors (Lipinski definition) is 1. The van der Waals surface area contributed by atoms with Gasteiger partial charge in [-0.05, 0) is 64.3 Å². The molecule has 6 heteroatoms. The van der Waals surface area contributed by atoms with Gasteiger partial charge in [-0.2, -0.15) is 5.10 Å². The largest absolute Gasteiger partial charge is 0.373 e. The molecular formula is C18H26N4OS. The van der Waals surface area contributed by atoms with E-state index in [4.69, 9.17) is 4.74 Å². The van der Waals surface area contributed by atoms with Gasteiger partial charge in [0.2, 0.25) is 0 Å². The lowest BCUT2D eigenvalue weighted by atomic mass is 9.96. The number of thiophene rings is 1. The van der Waals surface area contributed by atoms with Crippen molar-refractivity contribution in [3.8, 4) is 0 Å². The lowest BCUT2D eigenvalue weighted by Crippen LogP contribution is -2.32. The van der Waals surface area contributed by atoms with Crippen LogP contribution < -0.4 is 0 Å². The van der Waals surface area contributed by atoms with Gasteiger partial charge < -0.3 is 4.74 Å². The molecule has 2 aromatic heterocycles. The van der Waals surface area contributed by atoms with E-state index in [0.717, 1.165) is 50.7 Å². The summed E-state index contributed by atoms with van der Waals surface area (Å²) in [6.07, 6.45) is 6.35. The zero-order valence-electron chi connectivity index (χ0n) is 14.3. The molecule has 0 unspecified atom stereocenters. The Hall–Kier alpha value is -1.24. The lowest BCUT2D eigenvalue weighted by Gasteiger charge is -2.30. The van der Waals surface area contributed by atoms with Crippen molar-refractivity contribution in [1.29, 1.82) is 0 Å². The Kier molecular flexibility index (Phi) is 4.96. The van der Waals surface area contributed by atoms with Crippen LogP contribution in [0, 0.1) is 6.92 Å². The average molecular weight is 347 g/mol. The SMILES string of the molecule is Cc1nc(C2CCN(Cc3ccc([C@@H]4CCCCO4)s3)CC2)n[nH]1. The third kappa shape index (κ3) is 3.71. The van der Waals surface area contributed by atoms with E-state index in [9.17, 15) is 0 Å². The predicted octanol–water partition coefficient (Wildman–Crippen LogP) is 3.80. The van der Waals surface area contributed by atoms with Crippen LogP contribution in [0.1, 0.15) is 65.5 Å². The highest BCUT2D eigenvalue weighted by molar-refractivity contribution is 7.12. The van der Waals surface area contributed by atoms with Crippen LogP contribution in [-0.4, -0.2) is 39.8 Å². The minimum absolute atomic E-state index is 0.345. The van der Waals surface area contributed by atoms with Crippen LogP contribution in [0.4, 0.5) is 0 Å². The van der Waals surface area contributed by atoms with Gasteiger partial charge in [-0.1, -0.05) is 0 Å². The molecule has 2 saturated heterocycles. The summed E-state index contributed by atoms with van der Waals surface area (Å²) >= 11 is 1.94. The number of nitrogens with zero attached hydrogens (tertiary/aromatic N) is 3. The Bertz CT molecular complexity index is 654. The van der Waals surface area contributed by atoms with Gasteiger partial charge in [0.25, 0.3) is 0 Å². The van der Waals surface area contributed by atoms with Crippen molar-refractivity contribution >= 4 is 11.3 Å². The number of rotatable bonds is 4. The first-order valence-electron chi connectivity index (χ1n) is 9.09. The molecular weight excluding hydrogens is 320 g/mol. The summed E-state index contributed by atoms with van der Waals surface area (Å²) < 4.78 is 5.91. The molecule has 2 aromatic rings. The maximum atomic E-state index is 5.91. The fourth-order valence-electron chi connectivity index (χ4n) is 3.73. The minimum Gasteiger partial charge on any atom is -0.373 e. The molecule has 0 aliphatic carbocycles. The summed E-state index contributed by atoms with van der Waals surface area (Å²) in [6.45, 7) is 6.22. The summed E-state index contributed by atoms with van der Waals surface area (Å²) in [7, 11) is 0. The molecule has 2 fully saturated rings. The smallest absolute Gasteiger partial charge is 0.153 e. The van der Waals surface area contributed by atoms with Gasteiger partial charge in [-0.25, -0.2) is 4.98 Å². The normalized spacial score (nSPS) is 23.6. The van der Waals surface area contributed by atoms with Crippen LogP contribution in [0.15, 0.2) is 12.1 Å². The number of aryl methyl sites for hydroxylation is 1. The third-order valence-electron chi connectivity index (χ3n) is 5.13. The molecule has 1 N–H and O–H groups in total. The molecule has 2 aliphatic heterocycles. The van der Waals surface area contributed by atoms with Gasteiger partial charge in [0.05, 0.1) is 6.10 Å². The molecule has 0 saturated carbocycles. The van der Waals surface area contributed by atoms with E-state index in [1.54, 1.807) is 0 Å². The summed E-state index contributed by atoms with van der Waals surface area (Å²) in [6, 6.07) is 4.57. The standard InChI is InChI=1S/C18H26N4OS/c1-13-19-18(21-20-13)14-7-9-22(10-8-14)12-15-5-6-17(24-15)16-4-2-3-11-23-16/h5-6,14,16H,2-4,7-12H2,1H3,(H,19,20,21)/t16-/m0/s1. The maximum absolute atomic E-state index is 5.91. The van der Waals surface area contributed by atoms with Gasteiger partial charge >= 0.3 is 0 Å². The second kappa shape index (κ2) is 7.33. The molecule has 4 heterocycles. The molecule has 4 rings (SSSR count). The van der Waals surface area contributed by atoms with Gasteiger partial charge in [-0.3, -0.25) is 10.00 Å². The summed E-state index contributed by atoms with van der Waals surface area (Å²) in [5.41, 5.74) is 0. The molecule has 0 amide bonds. The van der Waals surface area contributed by atoms with Gasteiger partial charge in [0.1, 0.15) is 5.82 Å². The van der Waals surface area contributed by atoms with Crippen molar-refractivity contribution in [2.24, 2.45) is 0 Å². The van der Waals surface area contributed by atoms with Crippen molar-refractivity contribution in [2.45, 2.75) is 57.6 Å². The number of piperidine rings is 1. The topological polar surface area (TPSA) is 54.0 Å². The molecule has 1 atom stereocenters. The first-order chi connectivity index (χ1) is 11.8. The summed E-state index contributed by atoms with van der Waals surface area (Å²) in [5, 5.41) is 7.30. The number of H-pyrrole nitrogens is 1. The van der Waals surface area contributed by atoms with Crippen LogP contribution >= 0.6 is 11.3 Å². The van der Waals surface area contributed by atoms with Crippen LogP contribution in [0.3, 0.4) is 0 Å². The van der Waals surface area contributed by atoms with E-state index in [1.807, 2.05) is 18.3 Å². The molecule has 0 aromatic carbocycles. The first-order valence-corrected chi connectivity index (χ1v) is 9.91. The average Bonchev–Trinajstić information content (AvgIpc) is 3.26. The molecule has 130 valence electrons. The van der Waals surface area contributed by atoms with E-state index >= 15 is 0 Å². The fourth-order valence-corrected chi connectivity index (χ4v) is 4.87. The quantitative estimate of drug-likeness (QED) is 0.915. The highest BCUT2D eigenvalue weighted by Crippen LogP contribution is 2.34. The van der Waals surface area contributed by atoms with Crippen LogP contribution in [0.25, 0.3) is 0 Å². The Balaban J connectivity index is 1.30. The van der Waals surface area contributed by atoms with Crippen molar-refractivity contribution in [1.82, 2.24) is 20.1 Å². The molecule has 0 radical (unpaired) electrons. The van der Waals surface area contributed by atoms with Crippen LogP contribution in [0.5, 0.6) is 0 Å². The lowest BCUT2D eigenvalue weighted by molar-refractivity contribution is 0.0172. The van der Waals surface area contributed by atoms with Crippen molar-refractivity contribution in [3.63, 3.8) is 0 Å². The molecule has 5 nitrogen and oxygen atoms in total. The van der Waals surface area contributed by atoms with E-state index in [0.29, 0.717) is 12.0 Å². The maximum Gasteiger partial charge on any atom is 0.153 e. The Morgan fingerprint density at radius 3 is 2.83 bits per heavy atom. The number of aromatic nitrogens is 3. The number of ether oxygens (including phenoxy) is 1. The summed E-state index contributed by atoms with van der Waals surface area (Å²) in [4.78, 5) is 9.94. The molecule has 0 bridgehead atoms. The van der Waals surface area contributed by atoms with Crippen molar-refractivity contribution in [2.75, 3.05) is 19.7 Å². The number of aromatic amines is 1. The first kappa shape index (κ1) is 16.2. The predicted molar refractivity (Wildman–Crippen MR) is 95.2 cm³/mol. The Morgan fingerprint density at radius 1 is 1.25 bits per heavy atom. The van der Waals surface area contributed by atoms with Gasteiger partial charge in [0.15, 0.2) is 5.82 Å². The number of hydrogen-bond acceptors (Lipinski definition) is 5. The second-order valence-corrected chi connectivity index (χ2v) is 8.19. The van der Waals surface area contributed by atoms with Gasteiger partial charge in [0, 0.05) is 28.8 Å². The van der Waals surface area contributed by atoms with Crippen LogP contribution in [0.2, 0.25) is 0 Å². The highest BCUT2D eigenvalue weighted by Gasteiger charge is 2.24. The zero-order chi connectivity index (χ0) is 16.4. The Labute approximate surface area is 147 Å². The molecule has 24 heavy (non-hydrogen) atoms. The van der Waals surface area contributed by atoms with E-state index in [1.165, 1.54) is 29.0 Å². The minimum atomic E-state index is 0.345. The van der Waals surface area contributed by atoms with Crippen molar-refractivity contribution in [3.05, 3.63) is 33.5 Å². The third-order valence-corrected chi connectivity index (χ3v) is 6.29. The van der Waals surface area contributed by atoms with E-state index < -0.39 is 0 Å². The molecule has 0 spiro atoms. The van der Waals surface area contributed by atoms with Crippen molar-refractivity contribution < 1.29 is 4.74 Å². The summed E-state index contributed by atoms with van der Waals surface area (Å²) in [5.74, 6) is 2.43. The molecule has 2 aliphatic rings. The van der Waals surface area contributed by atoms with Crippen LogP contribution in [-0.2, 0) is 11.3 Å². The van der Waals surface area contributed by atoms with E-state index in [2.05, 4.69) is 32.2 Å². The van der Waals surface area contributed by atoms with E-state index in [-0.39, 0.29) is 0 Å². The number of nitrogens with one attached hydrogen (secondary N) is 1. The monoisotopic (exact) mass is 346 g/mol.